The van der Waals surface area contributed by atoms with Gasteiger partial charge < -0.3 is 0 Å². The van der Waals surface area contributed by atoms with Gasteiger partial charge in [-0.3, -0.25) is 9.89 Å². The summed E-state index contributed by atoms with van der Waals surface area (Å²) in [5.74, 6) is -1.55. The molecule has 0 aliphatic rings. The Hall–Kier alpha value is -2.44. The first-order valence-electron chi connectivity index (χ1n) is 10.2. The topological polar surface area (TPSA) is 45.8 Å². The van der Waals surface area contributed by atoms with Crippen LogP contribution in [0, 0.1) is 5.82 Å². The number of aromatic amines is 1. The molecule has 1 aromatic carbocycles. The Morgan fingerprint density at radius 2 is 2.00 bits per heavy atom. The fourth-order valence-corrected chi connectivity index (χ4v) is 3.44. The first-order chi connectivity index (χ1) is 14.2. The second kappa shape index (κ2) is 10.5. The summed E-state index contributed by atoms with van der Waals surface area (Å²) in [6, 6.07) is 4.94. The highest BCUT2D eigenvalue weighted by molar-refractivity contribution is 5.79. The Balaban J connectivity index is 1.95. The van der Waals surface area contributed by atoms with Gasteiger partial charge in [0.15, 0.2) is 0 Å². The van der Waals surface area contributed by atoms with E-state index in [0.717, 1.165) is 35.5 Å². The van der Waals surface area contributed by atoms with Gasteiger partial charge in [0.05, 0.1) is 11.3 Å². The number of Topliss-reactive ketones (excluding diaryl/α,β-unsaturated/α-hetero) is 1. The third-order valence-corrected chi connectivity index (χ3v) is 5.25. The van der Waals surface area contributed by atoms with Crippen LogP contribution in [0.1, 0.15) is 81.3 Å². The summed E-state index contributed by atoms with van der Waals surface area (Å²) in [6.07, 6.45) is 0.506. The van der Waals surface area contributed by atoms with Gasteiger partial charge in [-0.15, -0.1) is 0 Å². The molecule has 0 bridgehead atoms. The number of carbonyl (C=O) groups is 1. The van der Waals surface area contributed by atoms with Crippen molar-refractivity contribution < 1.29 is 22.4 Å². The van der Waals surface area contributed by atoms with Crippen molar-refractivity contribution in [3.05, 3.63) is 58.7 Å². The lowest BCUT2D eigenvalue weighted by molar-refractivity contribution is -0.140. The molecule has 0 amide bonds. The van der Waals surface area contributed by atoms with Crippen LogP contribution in [-0.2, 0) is 17.4 Å². The molecular formula is C23H28F4N2O. The van der Waals surface area contributed by atoms with Gasteiger partial charge in [0.2, 0.25) is 0 Å². The SMILES string of the molecule is C/C=C(\C)c1cc(CCCC(=O)CC(CCC)c2ccc(C(F)(F)F)c(F)c2)[nH]n1. The van der Waals surface area contributed by atoms with Crippen molar-refractivity contribution in [2.45, 2.75) is 71.4 Å². The van der Waals surface area contributed by atoms with Crippen LogP contribution in [0.2, 0.25) is 0 Å². The summed E-state index contributed by atoms with van der Waals surface area (Å²) in [4.78, 5) is 12.5. The predicted molar refractivity (Wildman–Crippen MR) is 110 cm³/mol. The quantitative estimate of drug-likeness (QED) is 0.424. The van der Waals surface area contributed by atoms with Gasteiger partial charge in [-0.05, 0) is 68.4 Å². The summed E-state index contributed by atoms with van der Waals surface area (Å²) in [6.45, 7) is 5.85. The average molecular weight is 424 g/mol. The number of ketones is 1. The number of allylic oxidation sites excluding steroid dienone is 2. The fourth-order valence-electron chi connectivity index (χ4n) is 3.44. The molecule has 0 saturated carbocycles. The predicted octanol–water partition coefficient (Wildman–Crippen LogP) is 6.86. The van der Waals surface area contributed by atoms with Gasteiger partial charge in [-0.1, -0.05) is 25.5 Å². The second-order valence-corrected chi connectivity index (χ2v) is 7.57. The molecule has 3 nitrogen and oxygen atoms in total. The van der Waals surface area contributed by atoms with E-state index < -0.39 is 17.6 Å². The molecule has 0 aliphatic carbocycles. The lowest BCUT2D eigenvalue weighted by Gasteiger charge is -2.17. The highest BCUT2D eigenvalue weighted by Gasteiger charge is 2.34. The zero-order valence-corrected chi connectivity index (χ0v) is 17.6. The number of aryl methyl sites for hydroxylation is 1. The van der Waals surface area contributed by atoms with Gasteiger partial charge in [0.1, 0.15) is 11.6 Å². The van der Waals surface area contributed by atoms with Crippen LogP contribution in [0.25, 0.3) is 5.57 Å². The van der Waals surface area contributed by atoms with Crippen LogP contribution in [-0.4, -0.2) is 16.0 Å². The van der Waals surface area contributed by atoms with Crippen LogP contribution in [0.5, 0.6) is 0 Å². The van der Waals surface area contributed by atoms with E-state index >= 15 is 0 Å². The van der Waals surface area contributed by atoms with Crippen molar-refractivity contribution >= 4 is 11.4 Å². The third kappa shape index (κ3) is 6.54. The van der Waals surface area contributed by atoms with Gasteiger partial charge in [-0.2, -0.15) is 18.3 Å². The van der Waals surface area contributed by atoms with Crippen molar-refractivity contribution in [3.63, 3.8) is 0 Å². The van der Waals surface area contributed by atoms with Crippen LogP contribution in [0.4, 0.5) is 17.6 Å². The van der Waals surface area contributed by atoms with Gasteiger partial charge in [0.25, 0.3) is 0 Å². The van der Waals surface area contributed by atoms with E-state index in [2.05, 4.69) is 10.2 Å². The number of nitrogens with one attached hydrogen (secondary N) is 1. The monoisotopic (exact) mass is 424 g/mol. The maximum absolute atomic E-state index is 13.9. The van der Waals surface area contributed by atoms with Crippen LogP contribution < -0.4 is 0 Å². The van der Waals surface area contributed by atoms with Gasteiger partial charge >= 0.3 is 6.18 Å². The van der Waals surface area contributed by atoms with E-state index in [1.807, 2.05) is 32.9 Å². The summed E-state index contributed by atoms with van der Waals surface area (Å²) >= 11 is 0. The van der Waals surface area contributed by atoms with Crippen molar-refractivity contribution in [2.75, 3.05) is 0 Å². The Morgan fingerprint density at radius 3 is 2.60 bits per heavy atom. The molecule has 0 saturated heterocycles. The number of H-pyrrole nitrogens is 1. The molecular weight excluding hydrogens is 396 g/mol. The summed E-state index contributed by atoms with van der Waals surface area (Å²) in [7, 11) is 0. The standard InChI is InChI=1S/C23H28F4N2O/c1-4-7-16(17-10-11-20(21(24)13-17)23(25,26)27)12-19(30)9-6-8-18-14-22(29-28-18)15(3)5-2/h5,10-11,13-14,16H,4,6-9,12H2,1-3H3,(H,28,29)/b15-5+. The Kier molecular flexibility index (Phi) is 8.38. The molecule has 0 fully saturated rings. The third-order valence-electron chi connectivity index (χ3n) is 5.25. The average Bonchev–Trinajstić information content (AvgIpc) is 3.15. The molecule has 2 rings (SSSR count). The van der Waals surface area contributed by atoms with Crippen molar-refractivity contribution in [1.82, 2.24) is 10.2 Å². The van der Waals surface area contributed by atoms with E-state index in [1.54, 1.807) is 0 Å². The normalized spacial score (nSPS) is 13.5. The Labute approximate surface area is 174 Å². The molecule has 0 radical (unpaired) electrons. The van der Waals surface area contributed by atoms with Crippen LogP contribution in [0.3, 0.4) is 0 Å². The highest BCUT2D eigenvalue weighted by atomic mass is 19.4. The minimum absolute atomic E-state index is 0.0260. The Bertz CT molecular complexity index is 884. The van der Waals surface area contributed by atoms with Gasteiger partial charge in [-0.25, -0.2) is 4.39 Å². The van der Waals surface area contributed by atoms with E-state index in [1.165, 1.54) is 6.07 Å². The minimum Gasteiger partial charge on any atom is -0.300 e. The molecule has 1 atom stereocenters. The number of rotatable bonds is 10. The van der Waals surface area contributed by atoms with Crippen LogP contribution in [0.15, 0.2) is 30.3 Å². The molecule has 0 spiro atoms. The van der Waals surface area contributed by atoms with Crippen LogP contribution >= 0.6 is 0 Å². The molecule has 7 heteroatoms. The molecule has 164 valence electrons. The Morgan fingerprint density at radius 1 is 1.27 bits per heavy atom. The summed E-state index contributed by atoms with van der Waals surface area (Å²) in [5.41, 5.74) is 2.07. The minimum atomic E-state index is -4.73. The first kappa shape index (κ1) is 23.8. The number of hydrogen-bond donors (Lipinski definition) is 1. The molecule has 1 heterocycles. The smallest absolute Gasteiger partial charge is 0.300 e. The number of nitrogens with zero attached hydrogens (tertiary/aromatic N) is 1. The molecule has 0 aliphatic heterocycles. The largest absolute Gasteiger partial charge is 0.419 e. The number of carbonyl (C=O) groups excluding carboxylic acids is 1. The summed E-state index contributed by atoms with van der Waals surface area (Å²) in [5, 5.41) is 7.21. The highest BCUT2D eigenvalue weighted by Crippen LogP contribution is 2.34. The fraction of sp³-hybridized carbons (Fsp3) is 0.478. The van der Waals surface area contributed by atoms with Gasteiger partial charge in [0, 0.05) is 18.5 Å². The maximum atomic E-state index is 13.9. The lowest BCUT2D eigenvalue weighted by Crippen LogP contribution is -2.11. The lowest BCUT2D eigenvalue weighted by atomic mass is 9.88. The van der Waals surface area contributed by atoms with E-state index in [9.17, 15) is 22.4 Å². The molecule has 1 unspecified atom stereocenters. The van der Waals surface area contributed by atoms with Crippen molar-refractivity contribution in [2.24, 2.45) is 0 Å². The second-order valence-electron chi connectivity index (χ2n) is 7.57. The van der Waals surface area contributed by atoms with Crippen molar-refractivity contribution in [1.29, 1.82) is 0 Å². The van der Waals surface area contributed by atoms with E-state index in [4.69, 9.17) is 0 Å². The summed E-state index contributed by atoms with van der Waals surface area (Å²) < 4.78 is 52.3. The maximum Gasteiger partial charge on any atom is 0.419 e. The molecule has 2 aromatic rings. The van der Waals surface area contributed by atoms with Crippen molar-refractivity contribution in [3.8, 4) is 0 Å². The number of benzene rings is 1. The number of aromatic nitrogens is 2. The number of alkyl halides is 3. The zero-order valence-electron chi connectivity index (χ0n) is 17.6. The molecule has 1 aromatic heterocycles. The van der Waals surface area contributed by atoms with E-state index in [0.29, 0.717) is 31.2 Å². The van der Waals surface area contributed by atoms with E-state index in [-0.39, 0.29) is 18.1 Å². The zero-order chi connectivity index (χ0) is 22.3. The number of halogens is 4. The first-order valence-corrected chi connectivity index (χ1v) is 10.2. The number of hydrogen-bond acceptors (Lipinski definition) is 2. The molecule has 1 N–H and O–H groups in total. The molecule has 30 heavy (non-hydrogen) atoms.